The lowest BCUT2D eigenvalue weighted by Gasteiger charge is -2.23. The second-order valence-electron chi connectivity index (χ2n) is 4.25. The summed E-state index contributed by atoms with van der Waals surface area (Å²) in [5, 5.41) is 12.5. The number of carbonyl (C=O) groups is 1. The molecule has 1 aromatic rings. The minimum atomic E-state index is -0.301. The molecule has 0 aliphatic carbocycles. The minimum Gasteiger partial charge on any atom is -0.507 e. The van der Waals surface area contributed by atoms with Crippen molar-refractivity contribution in [2.75, 3.05) is 26.4 Å². The van der Waals surface area contributed by atoms with E-state index in [2.05, 4.69) is 5.32 Å². The number of hydrogen-bond acceptors (Lipinski definition) is 4. The number of ether oxygens (including phenoxy) is 2. The number of carbonyl (C=O) groups excluding carboxylic acids is 1. The summed E-state index contributed by atoms with van der Waals surface area (Å²) in [6.07, 6.45) is -0.116. The predicted molar refractivity (Wildman–Crippen MR) is 65.7 cm³/mol. The van der Waals surface area contributed by atoms with Crippen molar-refractivity contribution in [3.05, 3.63) is 29.3 Å². The molecule has 1 saturated heterocycles. The van der Waals surface area contributed by atoms with E-state index >= 15 is 0 Å². The van der Waals surface area contributed by atoms with E-state index in [1.165, 1.54) is 0 Å². The highest BCUT2D eigenvalue weighted by Crippen LogP contribution is 2.21. The lowest BCUT2D eigenvalue weighted by molar-refractivity contribution is -0.0855. The number of para-hydroxylation sites is 1. The number of benzene rings is 1. The van der Waals surface area contributed by atoms with Crippen molar-refractivity contribution in [2.45, 2.75) is 13.0 Å². The molecule has 0 aromatic heterocycles. The fourth-order valence-electron chi connectivity index (χ4n) is 1.80. The van der Waals surface area contributed by atoms with Gasteiger partial charge in [-0.2, -0.15) is 0 Å². The number of nitrogens with one attached hydrogen (secondary N) is 1. The summed E-state index contributed by atoms with van der Waals surface area (Å²) in [7, 11) is 0. The summed E-state index contributed by atoms with van der Waals surface area (Å²) >= 11 is 0. The van der Waals surface area contributed by atoms with Gasteiger partial charge in [-0.05, 0) is 18.6 Å². The van der Waals surface area contributed by atoms with Gasteiger partial charge >= 0.3 is 0 Å². The van der Waals surface area contributed by atoms with Crippen LogP contribution in [0, 0.1) is 6.92 Å². The average molecular weight is 251 g/mol. The highest BCUT2D eigenvalue weighted by Gasteiger charge is 2.17. The highest BCUT2D eigenvalue weighted by molar-refractivity contribution is 5.97. The van der Waals surface area contributed by atoms with Crippen LogP contribution < -0.4 is 5.32 Å². The van der Waals surface area contributed by atoms with Crippen molar-refractivity contribution >= 4 is 5.91 Å². The minimum absolute atomic E-state index is 0.0239. The zero-order valence-corrected chi connectivity index (χ0v) is 10.3. The second-order valence-corrected chi connectivity index (χ2v) is 4.25. The van der Waals surface area contributed by atoms with Crippen LogP contribution in [0.3, 0.4) is 0 Å². The molecular formula is C13H17NO4. The summed E-state index contributed by atoms with van der Waals surface area (Å²) < 4.78 is 10.7. The lowest BCUT2D eigenvalue weighted by atomic mass is 10.1. The first-order valence-electron chi connectivity index (χ1n) is 5.94. The van der Waals surface area contributed by atoms with Gasteiger partial charge in [0.05, 0.1) is 31.5 Å². The number of phenolic OH excluding ortho intramolecular Hbond substituents is 1. The Morgan fingerprint density at radius 1 is 1.50 bits per heavy atom. The molecule has 2 rings (SSSR count). The Morgan fingerprint density at radius 3 is 3.06 bits per heavy atom. The van der Waals surface area contributed by atoms with E-state index in [-0.39, 0.29) is 23.3 Å². The van der Waals surface area contributed by atoms with Crippen LogP contribution in [0.1, 0.15) is 15.9 Å². The number of hydrogen-bond donors (Lipinski definition) is 2. The molecule has 1 atom stereocenters. The Labute approximate surface area is 106 Å². The quantitative estimate of drug-likeness (QED) is 0.835. The Hall–Kier alpha value is -1.59. The summed E-state index contributed by atoms with van der Waals surface area (Å²) in [5.41, 5.74) is 0.964. The smallest absolute Gasteiger partial charge is 0.255 e. The first-order valence-corrected chi connectivity index (χ1v) is 5.94. The molecule has 1 aliphatic rings. The molecule has 0 spiro atoms. The molecule has 1 aromatic carbocycles. The highest BCUT2D eigenvalue weighted by atomic mass is 16.6. The monoisotopic (exact) mass is 251 g/mol. The van der Waals surface area contributed by atoms with Gasteiger partial charge in [0.2, 0.25) is 0 Å². The maximum absolute atomic E-state index is 11.9. The van der Waals surface area contributed by atoms with E-state index in [0.717, 1.165) is 0 Å². The summed E-state index contributed by atoms with van der Waals surface area (Å²) in [4.78, 5) is 11.9. The maximum atomic E-state index is 11.9. The largest absolute Gasteiger partial charge is 0.507 e. The third-order valence-electron chi connectivity index (χ3n) is 2.86. The van der Waals surface area contributed by atoms with Gasteiger partial charge in [-0.3, -0.25) is 4.79 Å². The SMILES string of the molecule is Cc1cccc(C(=O)NCC2COCCO2)c1O. The van der Waals surface area contributed by atoms with Crippen LogP contribution in [0.4, 0.5) is 0 Å². The van der Waals surface area contributed by atoms with Gasteiger partial charge in [-0.25, -0.2) is 0 Å². The van der Waals surface area contributed by atoms with Crippen molar-refractivity contribution in [1.82, 2.24) is 5.32 Å². The van der Waals surface area contributed by atoms with Gasteiger partial charge in [-0.1, -0.05) is 12.1 Å². The standard InChI is InChI=1S/C13H17NO4/c1-9-3-2-4-11(12(9)15)13(16)14-7-10-8-17-5-6-18-10/h2-4,10,15H,5-8H2,1H3,(H,14,16). The van der Waals surface area contributed by atoms with Crippen LogP contribution in [0.25, 0.3) is 0 Å². The molecule has 0 radical (unpaired) electrons. The van der Waals surface area contributed by atoms with E-state index < -0.39 is 0 Å². The number of amides is 1. The molecule has 5 heteroatoms. The van der Waals surface area contributed by atoms with Crippen molar-refractivity contribution in [2.24, 2.45) is 0 Å². The van der Waals surface area contributed by atoms with Crippen molar-refractivity contribution in [3.8, 4) is 5.75 Å². The number of aromatic hydroxyl groups is 1. The summed E-state index contributed by atoms with van der Waals surface area (Å²) in [6, 6.07) is 5.09. The van der Waals surface area contributed by atoms with E-state index in [0.29, 0.717) is 31.9 Å². The van der Waals surface area contributed by atoms with Crippen LogP contribution in [0.15, 0.2) is 18.2 Å². The molecule has 1 amide bonds. The van der Waals surface area contributed by atoms with Gasteiger partial charge < -0.3 is 19.9 Å². The molecule has 1 unspecified atom stereocenters. The predicted octanol–water partition coefficient (Wildman–Crippen LogP) is 0.846. The number of rotatable bonds is 3. The van der Waals surface area contributed by atoms with Crippen LogP contribution in [0.5, 0.6) is 5.75 Å². The Balaban J connectivity index is 1.93. The second kappa shape index (κ2) is 5.84. The molecule has 5 nitrogen and oxygen atoms in total. The van der Waals surface area contributed by atoms with Gasteiger partial charge in [-0.15, -0.1) is 0 Å². The van der Waals surface area contributed by atoms with Crippen molar-refractivity contribution in [3.63, 3.8) is 0 Å². The average Bonchev–Trinajstić information content (AvgIpc) is 2.40. The molecule has 2 N–H and O–H groups in total. The Bertz CT molecular complexity index is 427. The van der Waals surface area contributed by atoms with Crippen molar-refractivity contribution in [1.29, 1.82) is 0 Å². The molecule has 0 saturated carbocycles. The number of phenols is 1. The Kier molecular flexibility index (Phi) is 4.17. The summed E-state index contributed by atoms with van der Waals surface area (Å²) in [5.74, 6) is -0.277. The first kappa shape index (κ1) is 12.9. The van der Waals surface area contributed by atoms with E-state index in [9.17, 15) is 9.90 Å². The molecule has 98 valence electrons. The molecule has 1 aliphatic heterocycles. The Morgan fingerprint density at radius 2 is 2.33 bits per heavy atom. The molecular weight excluding hydrogens is 234 g/mol. The van der Waals surface area contributed by atoms with Crippen LogP contribution in [-0.4, -0.2) is 43.5 Å². The van der Waals surface area contributed by atoms with Gasteiger partial charge in [0, 0.05) is 6.54 Å². The zero-order chi connectivity index (χ0) is 13.0. The zero-order valence-electron chi connectivity index (χ0n) is 10.3. The summed E-state index contributed by atoms with van der Waals surface area (Å²) in [6.45, 7) is 3.77. The van der Waals surface area contributed by atoms with Crippen LogP contribution in [-0.2, 0) is 9.47 Å². The van der Waals surface area contributed by atoms with Gasteiger partial charge in [0.1, 0.15) is 5.75 Å². The fraction of sp³-hybridized carbons (Fsp3) is 0.462. The fourth-order valence-corrected chi connectivity index (χ4v) is 1.80. The topological polar surface area (TPSA) is 67.8 Å². The van der Waals surface area contributed by atoms with Crippen LogP contribution >= 0.6 is 0 Å². The van der Waals surface area contributed by atoms with Gasteiger partial charge in [0.25, 0.3) is 5.91 Å². The molecule has 18 heavy (non-hydrogen) atoms. The molecule has 1 fully saturated rings. The number of aryl methyl sites for hydroxylation is 1. The van der Waals surface area contributed by atoms with Gasteiger partial charge in [0.15, 0.2) is 0 Å². The molecule has 0 bridgehead atoms. The third-order valence-corrected chi connectivity index (χ3v) is 2.86. The van der Waals surface area contributed by atoms with E-state index in [1.54, 1.807) is 25.1 Å². The first-order chi connectivity index (χ1) is 8.68. The maximum Gasteiger partial charge on any atom is 0.255 e. The van der Waals surface area contributed by atoms with E-state index in [4.69, 9.17) is 9.47 Å². The van der Waals surface area contributed by atoms with Crippen LogP contribution in [0.2, 0.25) is 0 Å². The van der Waals surface area contributed by atoms with Crippen molar-refractivity contribution < 1.29 is 19.4 Å². The van der Waals surface area contributed by atoms with E-state index in [1.807, 2.05) is 0 Å². The third kappa shape index (κ3) is 3.00. The molecule has 1 heterocycles. The normalized spacial score (nSPS) is 19.5. The lowest BCUT2D eigenvalue weighted by Crippen LogP contribution is -2.39.